The normalized spacial score (nSPS) is 19.6. The van der Waals surface area contributed by atoms with Crippen molar-refractivity contribution in [1.82, 2.24) is 10.2 Å². The monoisotopic (exact) mass is 290 g/mol. The number of fused-ring (bicyclic) bond motifs is 1. The topological polar surface area (TPSA) is 84.9 Å². The molecular weight excluding hydrogens is 276 g/mol. The maximum absolute atomic E-state index is 12.6. The van der Waals surface area contributed by atoms with Gasteiger partial charge >= 0.3 is 0 Å². The highest BCUT2D eigenvalue weighted by molar-refractivity contribution is 6.08. The summed E-state index contributed by atoms with van der Waals surface area (Å²) in [6.45, 7) is 2.23. The van der Waals surface area contributed by atoms with Gasteiger partial charge in [0, 0.05) is 12.1 Å². The van der Waals surface area contributed by atoms with Gasteiger partial charge in [-0.3, -0.25) is 19.7 Å². The van der Waals surface area contributed by atoms with Crippen molar-refractivity contribution < 1.29 is 23.9 Å². The lowest BCUT2D eigenvalue weighted by atomic mass is 10.1. The lowest BCUT2D eigenvalue weighted by molar-refractivity contribution is -0.126. The summed E-state index contributed by atoms with van der Waals surface area (Å²) in [5.74, 6) is -0.0178. The van der Waals surface area contributed by atoms with Crippen LogP contribution < -0.4 is 14.8 Å². The number of carbonyl (C=O) groups is 3. The predicted octanol–water partition coefficient (Wildman–Crippen LogP) is 0.292. The van der Waals surface area contributed by atoms with Crippen LogP contribution in [0.25, 0.3) is 0 Å². The quantitative estimate of drug-likeness (QED) is 0.809. The molecule has 7 nitrogen and oxygen atoms in total. The van der Waals surface area contributed by atoms with E-state index in [4.69, 9.17) is 9.47 Å². The molecule has 7 heteroatoms. The summed E-state index contributed by atoms with van der Waals surface area (Å²) in [6.07, 6.45) is 0.00294. The highest BCUT2D eigenvalue weighted by Gasteiger charge is 2.37. The van der Waals surface area contributed by atoms with Crippen LogP contribution in [-0.2, 0) is 9.59 Å². The molecule has 0 aromatic heterocycles. The van der Waals surface area contributed by atoms with Gasteiger partial charge in [0.1, 0.15) is 6.04 Å². The van der Waals surface area contributed by atoms with Gasteiger partial charge in [-0.05, 0) is 25.1 Å². The van der Waals surface area contributed by atoms with Crippen molar-refractivity contribution in [3.05, 3.63) is 23.8 Å². The van der Waals surface area contributed by atoms with Crippen molar-refractivity contribution in [2.75, 3.05) is 13.3 Å². The van der Waals surface area contributed by atoms with Crippen molar-refractivity contribution in [2.24, 2.45) is 0 Å². The van der Waals surface area contributed by atoms with Gasteiger partial charge in [0.05, 0.1) is 6.42 Å². The van der Waals surface area contributed by atoms with E-state index in [1.807, 2.05) is 0 Å². The van der Waals surface area contributed by atoms with Crippen LogP contribution in [0, 0.1) is 0 Å². The number of amides is 3. The molecule has 0 radical (unpaired) electrons. The first-order chi connectivity index (χ1) is 10.1. The van der Waals surface area contributed by atoms with Crippen LogP contribution in [0.15, 0.2) is 18.2 Å². The number of rotatable bonds is 3. The van der Waals surface area contributed by atoms with E-state index in [-0.39, 0.29) is 25.0 Å². The second-order valence-electron chi connectivity index (χ2n) is 4.79. The molecule has 2 aliphatic rings. The average molecular weight is 290 g/mol. The number of benzene rings is 1. The van der Waals surface area contributed by atoms with Crippen molar-refractivity contribution in [2.45, 2.75) is 19.4 Å². The van der Waals surface area contributed by atoms with Gasteiger partial charge < -0.3 is 14.4 Å². The third-order valence-corrected chi connectivity index (χ3v) is 3.54. The minimum Gasteiger partial charge on any atom is -0.454 e. The molecular formula is C14H14N2O5. The summed E-state index contributed by atoms with van der Waals surface area (Å²) in [6, 6.07) is 4.11. The standard InChI is InChI=1S/C14H14N2O5/c1-2-16(9-6-12(17)15-13(9)18)14(19)8-3-4-10-11(5-8)21-7-20-10/h3-5,9H,2,6-7H2,1H3,(H,15,17,18)/t9-/m0/s1. The molecule has 2 heterocycles. The highest BCUT2D eigenvalue weighted by atomic mass is 16.7. The summed E-state index contributed by atoms with van der Waals surface area (Å²) >= 11 is 0. The second kappa shape index (κ2) is 5.08. The summed E-state index contributed by atoms with van der Waals surface area (Å²) in [5.41, 5.74) is 0.397. The maximum atomic E-state index is 12.6. The Balaban J connectivity index is 1.85. The molecule has 0 bridgehead atoms. The van der Waals surface area contributed by atoms with E-state index in [0.717, 1.165) is 0 Å². The fourth-order valence-corrected chi connectivity index (χ4v) is 2.49. The summed E-state index contributed by atoms with van der Waals surface area (Å²) in [7, 11) is 0. The van der Waals surface area contributed by atoms with Gasteiger partial charge in [0.15, 0.2) is 11.5 Å². The Bertz CT molecular complexity index is 628. The predicted molar refractivity (Wildman–Crippen MR) is 70.8 cm³/mol. The van der Waals surface area contributed by atoms with Gasteiger partial charge in [-0.15, -0.1) is 0 Å². The average Bonchev–Trinajstić information content (AvgIpc) is 3.05. The fourth-order valence-electron chi connectivity index (χ4n) is 2.49. The first kappa shape index (κ1) is 13.4. The third kappa shape index (κ3) is 2.31. The highest BCUT2D eigenvalue weighted by Crippen LogP contribution is 2.33. The van der Waals surface area contributed by atoms with Crippen LogP contribution in [0.5, 0.6) is 11.5 Å². The molecule has 1 atom stereocenters. The van der Waals surface area contributed by atoms with Crippen LogP contribution in [0.1, 0.15) is 23.7 Å². The molecule has 3 amide bonds. The van der Waals surface area contributed by atoms with Crippen molar-refractivity contribution in [3.8, 4) is 11.5 Å². The second-order valence-corrected chi connectivity index (χ2v) is 4.79. The SMILES string of the molecule is CCN(C(=O)c1ccc2c(c1)OCO2)[C@H]1CC(=O)NC1=O. The van der Waals surface area contributed by atoms with Gasteiger partial charge in [-0.1, -0.05) is 0 Å². The number of nitrogens with one attached hydrogen (secondary N) is 1. The number of likely N-dealkylation sites (N-methyl/N-ethyl adjacent to an activating group) is 1. The third-order valence-electron chi connectivity index (χ3n) is 3.54. The smallest absolute Gasteiger partial charge is 0.254 e. The fraction of sp³-hybridized carbons (Fsp3) is 0.357. The molecule has 2 aliphatic heterocycles. The van der Waals surface area contributed by atoms with Gasteiger partial charge in [0.25, 0.3) is 5.91 Å². The van der Waals surface area contributed by atoms with E-state index >= 15 is 0 Å². The summed E-state index contributed by atoms with van der Waals surface area (Å²) in [4.78, 5) is 37.0. The minimum atomic E-state index is -0.750. The first-order valence-corrected chi connectivity index (χ1v) is 6.64. The van der Waals surface area contributed by atoms with Crippen LogP contribution in [-0.4, -0.2) is 42.0 Å². The number of carbonyl (C=O) groups excluding carboxylic acids is 3. The molecule has 1 fully saturated rings. The Kier molecular flexibility index (Phi) is 3.25. The van der Waals surface area contributed by atoms with E-state index in [1.165, 1.54) is 4.90 Å². The Labute approximate surface area is 120 Å². The molecule has 3 rings (SSSR count). The molecule has 1 saturated heterocycles. The zero-order chi connectivity index (χ0) is 15.0. The minimum absolute atomic E-state index is 0.00294. The Morgan fingerprint density at radius 1 is 1.33 bits per heavy atom. The molecule has 1 aromatic carbocycles. The number of imide groups is 1. The molecule has 1 aromatic rings. The molecule has 110 valence electrons. The number of hydrogen-bond acceptors (Lipinski definition) is 5. The van der Waals surface area contributed by atoms with Crippen molar-refractivity contribution in [1.29, 1.82) is 0 Å². The molecule has 0 unspecified atom stereocenters. The Morgan fingerprint density at radius 2 is 2.10 bits per heavy atom. The molecule has 0 saturated carbocycles. The van der Waals surface area contributed by atoms with Crippen molar-refractivity contribution in [3.63, 3.8) is 0 Å². The maximum Gasteiger partial charge on any atom is 0.254 e. The summed E-state index contributed by atoms with van der Waals surface area (Å²) in [5, 5.41) is 2.21. The van der Waals surface area contributed by atoms with Crippen LogP contribution in [0.4, 0.5) is 0 Å². The van der Waals surface area contributed by atoms with Gasteiger partial charge in [-0.2, -0.15) is 0 Å². The number of ether oxygens (including phenoxy) is 2. The van der Waals surface area contributed by atoms with E-state index in [0.29, 0.717) is 23.6 Å². The molecule has 21 heavy (non-hydrogen) atoms. The van der Waals surface area contributed by atoms with Gasteiger partial charge in [0.2, 0.25) is 18.6 Å². The van der Waals surface area contributed by atoms with Crippen LogP contribution in [0.3, 0.4) is 0 Å². The van der Waals surface area contributed by atoms with Gasteiger partial charge in [-0.25, -0.2) is 0 Å². The zero-order valence-electron chi connectivity index (χ0n) is 11.4. The van der Waals surface area contributed by atoms with Crippen LogP contribution in [0.2, 0.25) is 0 Å². The summed E-state index contributed by atoms with van der Waals surface area (Å²) < 4.78 is 10.4. The largest absolute Gasteiger partial charge is 0.454 e. The first-order valence-electron chi connectivity index (χ1n) is 6.64. The molecule has 1 N–H and O–H groups in total. The van der Waals surface area contributed by atoms with E-state index in [2.05, 4.69) is 5.32 Å². The molecule has 0 aliphatic carbocycles. The van der Waals surface area contributed by atoms with E-state index in [1.54, 1.807) is 25.1 Å². The van der Waals surface area contributed by atoms with Crippen LogP contribution >= 0.6 is 0 Å². The number of nitrogens with zero attached hydrogens (tertiary/aromatic N) is 1. The van der Waals surface area contributed by atoms with E-state index < -0.39 is 11.9 Å². The number of hydrogen-bond donors (Lipinski definition) is 1. The van der Waals surface area contributed by atoms with Crippen molar-refractivity contribution >= 4 is 17.7 Å². The molecule has 0 spiro atoms. The zero-order valence-corrected chi connectivity index (χ0v) is 11.4. The Hall–Kier alpha value is -2.57. The lowest BCUT2D eigenvalue weighted by Crippen LogP contribution is -2.44. The lowest BCUT2D eigenvalue weighted by Gasteiger charge is -2.25. The van der Waals surface area contributed by atoms with E-state index in [9.17, 15) is 14.4 Å². The Morgan fingerprint density at radius 3 is 2.76 bits per heavy atom.